The maximum Gasteiger partial charge on any atom is 0.251 e. The minimum absolute atomic E-state index is 0.162. The van der Waals surface area contributed by atoms with Crippen molar-refractivity contribution in [3.63, 3.8) is 0 Å². The molecule has 2 heterocycles. The fourth-order valence-electron chi connectivity index (χ4n) is 3.61. The molecular formula is C22H25FN4OS. The number of anilines is 1. The van der Waals surface area contributed by atoms with Crippen molar-refractivity contribution in [2.24, 2.45) is 0 Å². The van der Waals surface area contributed by atoms with Gasteiger partial charge in [0.1, 0.15) is 5.82 Å². The number of hydrogen-bond acceptors (Lipinski definition) is 5. The molecule has 0 aliphatic carbocycles. The number of aryl methyl sites for hydroxylation is 1. The van der Waals surface area contributed by atoms with Gasteiger partial charge in [0.2, 0.25) is 0 Å². The molecule has 0 radical (unpaired) electrons. The van der Waals surface area contributed by atoms with E-state index in [0.29, 0.717) is 12.1 Å². The molecule has 1 amide bonds. The van der Waals surface area contributed by atoms with Gasteiger partial charge in [-0.2, -0.15) is 0 Å². The van der Waals surface area contributed by atoms with E-state index in [1.165, 1.54) is 34.5 Å². The second-order valence-electron chi connectivity index (χ2n) is 7.21. The number of hydrogen-bond donors (Lipinski definition) is 1. The van der Waals surface area contributed by atoms with Crippen molar-refractivity contribution in [2.75, 3.05) is 44.2 Å². The summed E-state index contributed by atoms with van der Waals surface area (Å²) < 4.78 is 14.2. The van der Waals surface area contributed by atoms with Crippen molar-refractivity contribution in [2.45, 2.75) is 13.3 Å². The molecule has 0 bridgehead atoms. The second-order valence-corrected chi connectivity index (χ2v) is 8.21. The summed E-state index contributed by atoms with van der Waals surface area (Å²) in [4.78, 5) is 21.7. The average molecular weight is 413 g/mol. The molecule has 152 valence electrons. The van der Waals surface area contributed by atoms with Crippen LogP contribution in [0.15, 0.2) is 42.5 Å². The van der Waals surface area contributed by atoms with Gasteiger partial charge in [0.05, 0.1) is 10.2 Å². The summed E-state index contributed by atoms with van der Waals surface area (Å²) in [5.74, 6) is -0.497. The molecule has 7 heteroatoms. The number of halogens is 1. The molecule has 1 fully saturated rings. The molecule has 1 N–H and O–H groups in total. The maximum atomic E-state index is 13.0. The highest BCUT2D eigenvalue weighted by atomic mass is 32.1. The molecule has 0 saturated carbocycles. The molecule has 29 heavy (non-hydrogen) atoms. The molecule has 0 unspecified atom stereocenters. The maximum absolute atomic E-state index is 13.0. The highest BCUT2D eigenvalue weighted by molar-refractivity contribution is 7.22. The van der Waals surface area contributed by atoms with Crippen LogP contribution in [0.1, 0.15) is 22.8 Å². The lowest BCUT2D eigenvalue weighted by atomic mass is 10.1. The molecule has 2 aromatic carbocycles. The van der Waals surface area contributed by atoms with Crippen LogP contribution in [0.2, 0.25) is 0 Å². The molecule has 0 atom stereocenters. The Hall–Kier alpha value is -2.51. The second kappa shape index (κ2) is 8.88. The minimum atomic E-state index is -0.335. The predicted molar refractivity (Wildman–Crippen MR) is 116 cm³/mol. The smallest absolute Gasteiger partial charge is 0.251 e. The van der Waals surface area contributed by atoms with Crippen LogP contribution in [0.3, 0.4) is 0 Å². The van der Waals surface area contributed by atoms with Gasteiger partial charge < -0.3 is 10.2 Å². The summed E-state index contributed by atoms with van der Waals surface area (Å²) in [6.07, 6.45) is 0.998. The highest BCUT2D eigenvalue weighted by Gasteiger charge is 2.20. The van der Waals surface area contributed by atoms with Crippen LogP contribution in [0.25, 0.3) is 10.2 Å². The molecule has 0 spiro atoms. The van der Waals surface area contributed by atoms with Gasteiger partial charge in [0.25, 0.3) is 5.91 Å². The van der Waals surface area contributed by atoms with E-state index in [2.05, 4.69) is 40.2 Å². The van der Waals surface area contributed by atoms with Crippen LogP contribution in [0, 0.1) is 5.82 Å². The van der Waals surface area contributed by atoms with E-state index in [9.17, 15) is 9.18 Å². The third-order valence-corrected chi connectivity index (χ3v) is 6.42. The van der Waals surface area contributed by atoms with Crippen LogP contribution in [0.5, 0.6) is 0 Å². The topological polar surface area (TPSA) is 48.5 Å². The zero-order valence-electron chi connectivity index (χ0n) is 16.5. The number of rotatable bonds is 6. The Labute approximate surface area is 174 Å². The SMILES string of the molecule is CCc1cccc2sc(N3CCN(CCNC(=O)c4ccc(F)cc4)CC3)nc12. The number of thiazole rings is 1. The van der Waals surface area contributed by atoms with Crippen LogP contribution >= 0.6 is 11.3 Å². The lowest BCUT2D eigenvalue weighted by Gasteiger charge is -2.34. The van der Waals surface area contributed by atoms with E-state index < -0.39 is 0 Å². The van der Waals surface area contributed by atoms with E-state index in [-0.39, 0.29) is 11.7 Å². The fourth-order valence-corrected chi connectivity index (χ4v) is 4.67. The zero-order chi connectivity index (χ0) is 20.2. The first-order valence-electron chi connectivity index (χ1n) is 10.0. The van der Waals surface area contributed by atoms with E-state index in [1.54, 1.807) is 11.3 Å². The largest absolute Gasteiger partial charge is 0.351 e. The Kier molecular flexibility index (Phi) is 6.06. The van der Waals surface area contributed by atoms with Gasteiger partial charge in [-0.15, -0.1) is 0 Å². The summed E-state index contributed by atoms with van der Waals surface area (Å²) in [5.41, 5.74) is 2.93. The number of nitrogens with one attached hydrogen (secondary N) is 1. The van der Waals surface area contributed by atoms with Crippen molar-refractivity contribution in [1.82, 2.24) is 15.2 Å². The molecular weight excluding hydrogens is 387 g/mol. The highest BCUT2D eigenvalue weighted by Crippen LogP contribution is 2.31. The van der Waals surface area contributed by atoms with Crippen LogP contribution in [-0.4, -0.2) is 55.1 Å². The van der Waals surface area contributed by atoms with Crippen molar-refractivity contribution < 1.29 is 9.18 Å². The summed E-state index contributed by atoms with van der Waals surface area (Å²) in [6.45, 7) is 7.32. The Morgan fingerprint density at radius 3 is 2.62 bits per heavy atom. The van der Waals surface area contributed by atoms with E-state index >= 15 is 0 Å². The predicted octanol–water partition coefficient (Wildman–Crippen LogP) is 3.55. The molecule has 1 aromatic heterocycles. The monoisotopic (exact) mass is 412 g/mol. The van der Waals surface area contributed by atoms with Crippen molar-refractivity contribution >= 4 is 32.6 Å². The summed E-state index contributed by atoms with van der Waals surface area (Å²) in [5, 5.41) is 4.01. The van der Waals surface area contributed by atoms with Gasteiger partial charge in [-0.1, -0.05) is 30.4 Å². The number of carbonyl (C=O) groups is 1. The van der Waals surface area contributed by atoms with Crippen molar-refractivity contribution in [3.05, 3.63) is 59.4 Å². The number of nitrogens with zero attached hydrogens (tertiary/aromatic N) is 3. The molecule has 5 nitrogen and oxygen atoms in total. The van der Waals surface area contributed by atoms with E-state index in [0.717, 1.165) is 49.8 Å². The number of fused-ring (bicyclic) bond motifs is 1. The average Bonchev–Trinajstić information content (AvgIpc) is 3.19. The summed E-state index contributed by atoms with van der Waals surface area (Å²) in [7, 11) is 0. The number of amides is 1. The van der Waals surface area contributed by atoms with Gasteiger partial charge >= 0.3 is 0 Å². The van der Waals surface area contributed by atoms with Gasteiger partial charge in [-0.3, -0.25) is 9.69 Å². The van der Waals surface area contributed by atoms with Crippen LogP contribution < -0.4 is 10.2 Å². The van der Waals surface area contributed by atoms with E-state index in [1.807, 2.05) is 0 Å². The molecule has 1 aliphatic rings. The molecule has 3 aromatic rings. The first kappa shape index (κ1) is 19.8. The number of benzene rings is 2. The summed E-state index contributed by atoms with van der Waals surface area (Å²) in [6, 6.07) is 12.0. The first-order chi connectivity index (χ1) is 14.1. The molecule has 4 rings (SSSR count). The standard InChI is InChI=1S/C22H25FN4OS/c1-2-16-4-3-5-19-20(16)25-22(29-19)27-14-12-26(13-15-27)11-10-24-21(28)17-6-8-18(23)9-7-17/h3-9H,2,10-15H2,1H3,(H,24,28). The Morgan fingerprint density at radius 1 is 1.14 bits per heavy atom. The third kappa shape index (κ3) is 4.57. The van der Waals surface area contributed by atoms with Crippen molar-refractivity contribution in [1.29, 1.82) is 0 Å². The first-order valence-corrected chi connectivity index (χ1v) is 10.8. The van der Waals surface area contributed by atoms with Gasteiger partial charge in [-0.05, 0) is 42.3 Å². The Morgan fingerprint density at radius 2 is 1.90 bits per heavy atom. The third-order valence-electron chi connectivity index (χ3n) is 5.33. The Bertz CT molecular complexity index is 980. The quantitative estimate of drug-likeness (QED) is 0.673. The lowest BCUT2D eigenvalue weighted by molar-refractivity contribution is 0.0947. The number of piperazine rings is 1. The summed E-state index contributed by atoms with van der Waals surface area (Å²) >= 11 is 1.77. The molecule has 1 aliphatic heterocycles. The number of aromatic nitrogens is 1. The molecule has 1 saturated heterocycles. The normalized spacial score (nSPS) is 15.0. The Balaban J connectivity index is 1.26. The van der Waals surface area contributed by atoms with Gasteiger partial charge in [0, 0.05) is 44.8 Å². The fraction of sp³-hybridized carbons (Fsp3) is 0.364. The van der Waals surface area contributed by atoms with Gasteiger partial charge in [-0.25, -0.2) is 9.37 Å². The lowest BCUT2D eigenvalue weighted by Crippen LogP contribution is -2.48. The minimum Gasteiger partial charge on any atom is -0.351 e. The van der Waals surface area contributed by atoms with Crippen LogP contribution in [-0.2, 0) is 6.42 Å². The number of para-hydroxylation sites is 1. The van der Waals surface area contributed by atoms with E-state index in [4.69, 9.17) is 4.98 Å². The zero-order valence-corrected chi connectivity index (χ0v) is 17.3. The van der Waals surface area contributed by atoms with Gasteiger partial charge in [0.15, 0.2) is 5.13 Å². The number of carbonyl (C=O) groups excluding carboxylic acids is 1. The van der Waals surface area contributed by atoms with Crippen LogP contribution in [0.4, 0.5) is 9.52 Å². The van der Waals surface area contributed by atoms with Crippen molar-refractivity contribution in [3.8, 4) is 0 Å².